The van der Waals surface area contributed by atoms with Gasteiger partial charge in [0.25, 0.3) is 0 Å². The van der Waals surface area contributed by atoms with Crippen LogP contribution in [0.1, 0.15) is 44.2 Å². The Bertz CT molecular complexity index is 831. The molecule has 0 bridgehead atoms. The van der Waals surface area contributed by atoms with E-state index < -0.39 is 11.2 Å². The molecular weight excluding hydrogens is 354 g/mol. The number of halogens is 3. The maximum Gasteiger partial charge on any atom is 0.165 e. The average molecular weight is 377 g/mol. The fourth-order valence-electron chi connectivity index (χ4n) is 4.89. The second kappa shape index (κ2) is 6.23. The van der Waals surface area contributed by atoms with E-state index in [0.29, 0.717) is 23.6 Å². The van der Waals surface area contributed by atoms with Crippen molar-refractivity contribution in [2.45, 2.75) is 44.9 Å². The standard InChI is InChI=1S/C22H23ClF2O/c1-21(2)9-10-22(11-14-3-5-16(23)6-4-14)15(12-21)13-26-20-18(25)8-7-17(24)19(20)22/h3-8,15H,9-13H2,1-2H3/t15-,22+/m1/s1. The van der Waals surface area contributed by atoms with Gasteiger partial charge in [0.05, 0.1) is 6.61 Å². The Morgan fingerprint density at radius 3 is 2.46 bits per heavy atom. The van der Waals surface area contributed by atoms with E-state index >= 15 is 0 Å². The monoisotopic (exact) mass is 376 g/mol. The number of hydrogen-bond acceptors (Lipinski definition) is 1. The fraction of sp³-hybridized carbons (Fsp3) is 0.455. The second-order valence-electron chi connectivity index (χ2n) is 8.57. The largest absolute Gasteiger partial charge is 0.490 e. The number of benzene rings is 2. The molecule has 4 rings (SSSR count). The molecule has 2 aromatic carbocycles. The minimum atomic E-state index is -0.472. The van der Waals surface area contributed by atoms with Crippen molar-refractivity contribution in [2.24, 2.45) is 11.3 Å². The van der Waals surface area contributed by atoms with Gasteiger partial charge in [-0.1, -0.05) is 37.6 Å². The SMILES string of the molecule is CC1(C)CC[C@@]2(Cc3ccc(Cl)cc3)c3c(F)ccc(F)c3OC[C@H]2C1. The first kappa shape index (κ1) is 17.8. The summed E-state index contributed by atoms with van der Waals surface area (Å²) in [6.45, 7) is 4.93. The molecule has 1 heterocycles. The van der Waals surface area contributed by atoms with Crippen LogP contribution < -0.4 is 4.74 Å². The van der Waals surface area contributed by atoms with Gasteiger partial charge in [0, 0.05) is 21.9 Å². The smallest absolute Gasteiger partial charge is 0.165 e. The van der Waals surface area contributed by atoms with Crippen LogP contribution in [0.25, 0.3) is 0 Å². The summed E-state index contributed by atoms with van der Waals surface area (Å²) >= 11 is 6.02. The molecule has 0 N–H and O–H groups in total. The first-order valence-electron chi connectivity index (χ1n) is 9.16. The summed E-state index contributed by atoms with van der Waals surface area (Å²) < 4.78 is 35.1. The van der Waals surface area contributed by atoms with Gasteiger partial charge in [-0.25, -0.2) is 8.78 Å². The van der Waals surface area contributed by atoms with Gasteiger partial charge in [-0.2, -0.15) is 0 Å². The van der Waals surface area contributed by atoms with E-state index in [1.54, 1.807) is 0 Å². The zero-order valence-corrected chi connectivity index (χ0v) is 15.9. The highest BCUT2D eigenvalue weighted by molar-refractivity contribution is 6.30. The fourth-order valence-corrected chi connectivity index (χ4v) is 5.01. The van der Waals surface area contributed by atoms with E-state index in [1.165, 1.54) is 6.07 Å². The van der Waals surface area contributed by atoms with Crippen LogP contribution in [-0.2, 0) is 11.8 Å². The van der Waals surface area contributed by atoms with Crippen molar-refractivity contribution in [3.8, 4) is 5.75 Å². The third-order valence-corrected chi connectivity index (χ3v) is 6.50. The van der Waals surface area contributed by atoms with E-state index in [0.717, 1.165) is 30.9 Å². The highest BCUT2D eigenvalue weighted by atomic mass is 35.5. The number of rotatable bonds is 2. The van der Waals surface area contributed by atoms with E-state index in [1.807, 2.05) is 24.3 Å². The summed E-state index contributed by atoms with van der Waals surface area (Å²) in [5.74, 6) is -0.569. The maximum absolute atomic E-state index is 15.0. The molecule has 0 radical (unpaired) electrons. The summed E-state index contributed by atoms with van der Waals surface area (Å²) in [5, 5.41) is 0.678. The molecule has 0 spiro atoms. The molecule has 1 aliphatic heterocycles. The molecule has 0 unspecified atom stereocenters. The molecule has 1 saturated carbocycles. The van der Waals surface area contributed by atoms with Crippen LogP contribution in [0.15, 0.2) is 36.4 Å². The van der Waals surface area contributed by atoms with Crippen LogP contribution in [0.4, 0.5) is 8.78 Å². The van der Waals surface area contributed by atoms with E-state index in [9.17, 15) is 8.78 Å². The highest BCUT2D eigenvalue weighted by Crippen LogP contribution is 2.57. The molecule has 1 nitrogen and oxygen atoms in total. The molecule has 26 heavy (non-hydrogen) atoms. The summed E-state index contributed by atoms with van der Waals surface area (Å²) in [6, 6.07) is 10.1. The Hall–Kier alpha value is -1.61. The van der Waals surface area contributed by atoms with Crippen molar-refractivity contribution in [2.75, 3.05) is 6.61 Å². The molecule has 4 heteroatoms. The van der Waals surface area contributed by atoms with Gasteiger partial charge in [0.2, 0.25) is 0 Å². The lowest BCUT2D eigenvalue weighted by Gasteiger charge is -2.52. The lowest BCUT2D eigenvalue weighted by molar-refractivity contribution is 0.0253. The zero-order chi connectivity index (χ0) is 18.5. The molecule has 138 valence electrons. The number of hydrogen-bond donors (Lipinski definition) is 0. The van der Waals surface area contributed by atoms with Crippen molar-refractivity contribution in [1.82, 2.24) is 0 Å². The molecule has 1 aliphatic carbocycles. The molecular formula is C22H23ClF2O. The van der Waals surface area contributed by atoms with Crippen LogP contribution in [0, 0.1) is 23.0 Å². The summed E-state index contributed by atoms with van der Waals surface area (Å²) in [6.07, 6.45) is 3.41. The van der Waals surface area contributed by atoms with Gasteiger partial charge in [0.1, 0.15) is 5.82 Å². The Morgan fingerprint density at radius 1 is 1.04 bits per heavy atom. The molecule has 1 fully saturated rings. The van der Waals surface area contributed by atoms with E-state index in [4.69, 9.17) is 16.3 Å². The van der Waals surface area contributed by atoms with Gasteiger partial charge in [-0.3, -0.25) is 0 Å². The van der Waals surface area contributed by atoms with Gasteiger partial charge in [-0.05, 0) is 60.9 Å². The van der Waals surface area contributed by atoms with Crippen LogP contribution in [0.2, 0.25) is 5.02 Å². The third kappa shape index (κ3) is 2.90. The summed E-state index contributed by atoms with van der Waals surface area (Å²) in [5.41, 5.74) is 1.26. The van der Waals surface area contributed by atoms with Crippen LogP contribution in [0.3, 0.4) is 0 Å². The molecule has 0 aromatic heterocycles. The summed E-state index contributed by atoms with van der Waals surface area (Å²) in [4.78, 5) is 0. The molecule has 0 saturated heterocycles. The van der Waals surface area contributed by atoms with Crippen molar-refractivity contribution in [1.29, 1.82) is 0 Å². The highest BCUT2D eigenvalue weighted by Gasteiger charge is 2.52. The minimum Gasteiger partial charge on any atom is -0.490 e. The lowest BCUT2D eigenvalue weighted by atomic mass is 9.54. The van der Waals surface area contributed by atoms with Gasteiger partial charge in [0.15, 0.2) is 11.6 Å². The van der Waals surface area contributed by atoms with Crippen molar-refractivity contribution in [3.05, 3.63) is 64.2 Å². The van der Waals surface area contributed by atoms with Gasteiger partial charge < -0.3 is 4.74 Å². The zero-order valence-electron chi connectivity index (χ0n) is 15.1. The molecule has 2 aliphatic rings. The van der Waals surface area contributed by atoms with Crippen molar-refractivity contribution < 1.29 is 13.5 Å². The molecule has 2 atom stereocenters. The minimum absolute atomic E-state index is 0.106. The topological polar surface area (TPSA) is 9.23 Å². The number of ether oxygens (including phenoxy) is 1. The quantitative estimate of drug-likeness (QED) is 0.596. The van der Waals surface area contributed by atoms with Crippen LogP contribution in [-0.4, -0.2) is 6.61 Å². The van der Waals surface area contributed by atoms with Crippen molar-refractivity contribution >= 4 is 11.6 Å². The molecule has 0 amide bonds. The maximum atomic E-state index is 15.0. The van der Waals surface area contributed by atoms with Crippen LogP contribution >= 0.6 is 11.6 Å². The predicted octanol–water partition coefficient (Wildman–Crippen LogP) is 6.32. The Labute approximate surface area is 158 Å². The number of fused-ring (bicyclic) bond motifs is 3. The van der Waals surface area contributed by atoms with E-state index in [2.05, 4.69) is 13.8 Å². The van der Waals surface area contributed by atoms with Gasteiger partial charge in [-0.15, -0.1) is 0 Å². The summed E-state index contributed by atoms with van der Waals surface area (Å²) in [7, 11) is 0. The average Bonchev–Trinajstić information content (AvgIpc) is 2.60. The Balaban J connectivity index is 1.86. The normalized spacial score (nSPS) is 26.6. The first-order chi connectivity index (χ1) is 12.3. The lowest BCUT2D eigenvalue weighted by Crippen LogP contribution is -2.50. The van der Waals surface area contributed by atoms with Crippen molar-refractivity contribution in [3.63, 3.8) is 0 Å². The third-order valence-electron chi connectivity index (χ3n) is 6.25. The van der Waals surface area contributed by atoms with Crippen LogP contribution in [0.5, 0.6) is 5.75 Å². The second-order valence-corrected chi connectivity index (χ2v) is 9.01. The predicted molar refractivity (Wildman–Crippen MR) is 99.8 cm³/mol. The van der Waals surface area contributed by atoms with E-state index in [-0.39, 0.29) is 22.9 Å². The Kier molecular flexibility index (Phi) is 4.26. The Morgan fingerprint density at radius 2 is 1.73 bits per heavy atom. The first-order valence-corrected chi connectivity index (χ1v) is 9.54. The van der Waals surface area contributed by atoms with Gasteiger partial charge >= 0.3 is 0 Å². The molecule has 2 aromatic rings.